The van der Waals surface area contributed by atoms with Crippen LogP contribution in [-0.2, 0) is 0 Å². The maximum Gasteiger partial charge on any atom is 0.0436 e. The van der Waals surface area contributed by atoms with Crippen LogP contribution in [0.5, 0.6) is 0 Å². The first-order chi connectivity index (χ1) is 5.10. The van der Waals surface area contributed by atoms with Crippen LogP contribution < -0.4 is 0 Å². The highest BCUT2D eigenvalue weighted by atomic mass is 16.3. The Kier molecular flexibility index (Phi) is 2.38. The van der Waals surface area contributed by atoms with Crippen molar-refractivity contribution in [1.82, 2.24) is 0 Å². The minimum atomic E-state index is 0.320. The van der Waals surface area contributed by atoms with Gasteiger partial charge in [-0.15, -0.1) is 0 Å². The molecule has 0 aromatic heterocycles. The molecule has 0 heterocycles. The standard InChI is InChI=1S/C10H18O/c1-8(2)9-4-5-10(9,3)6-7-11/h9,11H,1,4-7H2,2-3H3/t9?,10-/m1/s1. The van der Waals surface area contributed by atoms with Crippen LogP contribution in [-0.4, -0.2) is 11.7 Å². The van der Waals surface area contributed by atoms with Gasteiger partial charge in [-0.2, -0.15) is 0 Å². The van der Waals surface area contributed by atoms with Crippen molar-refractivity contribution in [2.45, 2.75) is 33.1 Å². The lowest BCUT2D eigenvalue weighted by Gasteiger charge is -2.47. The summed E-state index contributed by atoms with van der Waals surface area (Å²) in [5.41, 5.74) is 1.65. The van der Waals surface area contributed by atoms with Crippen LogP contribution in [0.15, 0.2) is 12.2 Å². The Labute approximate surface area is 69.1 Å². The smallest absolute Gasteiger partial charge is 0.0436 e. The predicted octanol–water partition coefficient (Wildman–Crippen LogP) is 2.36. The van der Waals surface area contributed by atoms with E-state index in [1.165, 1.54) is 18.4 Å². The van der Waals surface area contributed by atoms with Gasteiger partial charge in [-0.1, -0.05) is 19.1 Å². The van der Waals surface area contributed by atoms with Gasteiger partial charge in [0.25, 0.3) is 0 Å². The first-order valence-electron chi connectivity index (χ1n) is 4.36. The maximum absolute atomic E-state index is 8.84. The summed E-state index contributed by atoms with van der Waals surface area (Å²) >= 11 is 0. The van der Waals surface area contributed by atoms with Crippen molar-refractivity contribution in [2.24, 2.45) is 11.3 Å². The van der Waals surface area contributed by atoms with E-state index in [4.69, 9.17) is 5.11 Å². The summed E-state index contributed by atoms with van der Waals surface area (Å²) < 4.78 is 0. The van der Waals surface area contributed by atoms with Gasteiger partial charge in [-0.05, 0) is 37.5 Å². The number of allylic oxidation sites excluding steroid dienone is 1. The quantitative estimate of drug-likeness (QED) is 0.619. The number of hydrogen-bond donors (Lipinski definition) is 1. The van der Waals surface area contributed by atoms with Crippen LogP contribution in [0.1, 0.15) is 33.1 Å². The van der Waals surface area contributed by atoms with Crippen molar-refractivity contribution in [1.29, 1.82) is 0 Å². The normalized spacial score (nSPS) is 36.5. The fourth-order valence-corrected chi connectivity index (χ4v) is 2.18. The lowest BCUT2D eigenvalue weighted by molar-refractivity contribution is 0.0472. The summed E-state index contributed by atoms with van der Waals surface area (Å²) in [6.07, 6.45) is 3.46. The van der Waals surface area contributed by atoms with Crippen LogP contribution in [0.2, 0.25) is 0 Å². The van der Waals surface area contributed by atoms with E-state index in [1.807, 2.05) is 0 Å². The van der Waals surface area contributed by atoms with Gasteiger partial charge in [-0.25, -0.2) is 0 Å². The Bertz CT molecular complexity index is 162. The highest BCUT2D eigenvalue weighted by molar-refractivity contribution is 5.09. The number of rotatable bonds is 3. The molecule has 64 valence electrons. The number of hydrogen-bond acceptors (Lipinski definition) is 1. The molecule has 1 nitrogen and oxygen atoms in total. The summed E-state index contributed by atoms with van der Waals surface area (Å²) in [5.74, 6) is 0.662. The zero-order valence-corrected chi connectivity index (χ0v) is 7.56. The predicted molar refractivity (Wildman–Crippen MR) is 47.3 cm³/mol. The fourth-order valence-electron chi connectivity index (χ4n) is 2.18. The van der Waals surface area contributed by atoms with E-state index >= 15 is 0 Å². The number of aliphatic hydroxyl groups is 1. The molecule has 0 aliphatic heterocycles. The highest BCUT2D eigenvalue weighted by Crippen LogP contribution is 2.51. The lowest BCUT2D eigenvalue weighted by Crippen LogP contribution is -2.38. The fraction of sp³-hybridized carbons (Fsp3) is 0.800. The molecule has 0 spiro atoms. The Morgan fingerprint density at radius 2 is 2.36 bits per heavy atom. The van der Waals surface area contributed by atoms with Crippen LogP contribution in [0.4, 0.5) is 0 Å². The molecule has 1 heteroatoms. The van der Waals surface area contributed by atoms with Crippen molar-refractivity contribution in [3.8, 4) is 0 Å². The molecule has 1 saturated carbocycles. The van der Waals surface area contributed by atoms with Gasteiger partial charge in [0.2, 0.25) is 0 Å². The lowest BCUT2D eigenvalue weighted by atomic mass is 9.57. The second kappa shape index (κ2) is 2.98. The third-order valence-electron chi connectivity index (χ3n) is 3.12. The molecule has 1 unspecified atom stereocenters. The molecule has 0 aromatic carbocycles. The molecule has 0 bridgehead atoms. The topological polar surface area (TPSA) is 20.2 Å². The summed E-state index contributed by atoms with van der Waals surface area (Å²) in [6.45, 7) is 8.65. The molecule has 1 N–H and O–H groups in total. The molecular weight excluding hydrogens is 136 g/mol. The summed E-state index contributed by atoms with van der Waals surface area (Å²) in [7, 11) is 0. The second-order valence-corrected chi connectivity index (χ2v) is 4.07. The van der Waals surface area contributed by atoms with E-state index in [9.17, 15) is 0 Å². The van der Waals surface area contributed by atoms with Gasteiger partial charge in [0.1, 0.15) is 0 Å². The van der Waals surface area contributed by atoms with Crippen LogP contribution in [0, 0.1) is 11.3 Å². The van der Waals surface area contributed by atoms with Gasteiger partial charge in [0.15, 0.2) is 0 Å². The Morgan fingerprint density at radius 1 is 1.73 bits per heavy atom. The molecule has 1 rings (SSSR count). The largest absolute Gasteiger partial charge is 0.396 e. The zero-order valence-electron chi connectivity index (χ0n) is 7.56. The van der Waals surface area contributed by atoms with Gasteiger partial charge >= 0.3 is 0 Å². The first-order valence-corrected chi connectivity index (χ1v) is 4.36. The van der Waals surface area contributed by atoms with Crippen LogP contribution >= 0.6 is 0 Å². The molecule has 2 atom stereocenters. The van der Waals surface area contributed by atoms with Crippen LogP contribution in [0.3, 0.4) is 0 Å². The maximum atomic E-state index is 8.84. The molecule has 0 saturated heterocycles. The summed E-state index contributed by atoms with van der Waals surface area (Å²) in [4.78, 5) is 0. The average molecular weight is 154 g/mol. The molecule has 1 aliphatic carbocycles. The second-order valence-electron chi connectivity index (χ2n) is 4.07. The third-order valence-corrected chi connectivity index (χ3v) is 3.12. The van der Waals surface area contributed by atoms with E-state index in [1.54, 1.807) is 0 Å². The molecule has 1 fully saturated rings. The van der Waals surface area contributed by atoms with Crippen molar-refractivity contribution >= 4 is 0 Å². The van der Waals surface area contributed by atoms with Gasteiger partial charge in [0, 0.05) is 6.61 Å². The van der Waals surface area contributed by atoms with Crippen LogP contribution in [0.25, 0.3) is 0 Å². The van der Waals surface area contributed by atoms with E-state index < -0.39 is 0 Å². The summed E-state index contributed by atoms with van der Waals surface area (Å²) in [6, 6.07) is 0. The molecule has 0 aromatic rings. The zero-order chi connectivity index (χ0) is 8.48. The molecule has 1 aliphatic rings. The Morgan fingerprint density at radius 3 is 2.64 bits per heavy atom. The van der Waals surface area contributed by atoms with E-state index in [2.05, 4.69) is 20.4 Å². The first kappa shape index (κ1) is 8.79. The van der Waals surface area contributed by atoms with E-state index in [-0.39, 0.29) is 0 Å². The minimum Gasteiger partial charge on any atom is -0.396 e. The number of aliphatic hydroxyl groups excluding tert-OH is 1. The van der Waals surface area contributed by atoms with Crippen molar-refractivity contribution in [3.05, 3.63) is 12.2 Å². The summed E-state index contributed by atoms with van der Waals surface area (Å²) in [5, 5.41) is 8.84. The minimum absolute atomic E-state index is 0.320. The van der Waals surface area contributed by atoms with Crippen molar-refractivity contribution < 1.29 is 5.11 Å². The molecule has 0 radical (unpaired) electrons. The van der Waals surface area contributed by atoms with Gasteiger partial charge < -0.3 is 5.11 Å². The highest BCUT2D eigenvalue weighted by Gasteiger charge is 2.41. The molecule has 0 amide bonds. The monoisotopic (exact) mass is 154 g/mol. The average Bonchev–Trinajstić information content (AvgIpc) is 1.85. The Balaban J connectivity index is 2.52. The third kappa shape index (κ3) is 1.48. The van der Waals surface area contributed by atoms with Gasteiger partial charge in [0.05, 0.1) is 0 Å². The molecular formula is C10H18O. The van der Waals surface area contributed by atoms with E-state index in [0.29, 0.717) is 17.9 Å². The van der Waals surface area contributed by atoms with Gasteiger partial charge in [-0.3, -0.25) is 0 Å². The van der Waals surface area contributed by atoms with Crippen molar-refractivity contribution in [3.63, 3.8) is 0 Å². The molecule has 11 heavy (non-hydrogen) atoms. The van der Waals surface area contributed by atoms with Crippen molar-refractivity contribution in [2.75, 3.05) is 6.61 Å². The SMILES string of the molecule is C=C(C)C1CC[C@]1(C)CCO. The van der Waals surface area contributed by atoms with E-state index in [0.717, 1.165) is 6.42 Å². The Hall–Kier alpha value is -0.300.